The number of piperazine rings is 1. The quantitative estimate of drug-likeness (QED) is 0.766. The summed E-state index contributed by atoms with van der Waals surface area (Å²) in [6.45, 7) is 5.59. The van der Waals surface area contributed by atoms with Crippen molar-refractivity contribution in [2.75, 3.05) is 6.54 Å². The molecule has 21 heavy (non-hydrogen) atoms. The molecule has 0 radical (unpaired) electrons. The van der Waals surface area contributed by atoms with Gasteiger partial charge in [-0.2, -0.15) is 13.2 Å². The molecule has 122 valence electrons. The number of carbonyl (C=O) groups is 2. The molecule has 0 spiro atoms. The molecule has 3 unspecified atom stereocenters. The van der Waals surface area contributed by atoms with Gasteiger partial charge in [-0.1, -0.05) is 20.3 Å². The van der Waals surface area contributed by atoms with Gasteiger partial charge in [-0.3, -0.25) is 9.59 Å². The fourth-order valence-corrected chi connectivity index (χ4v) is 2.38. The zero-order valence-corrected chi connectivity index (χ0v) is 12.7. The van der Waals surface area contributed by atoms with E-state index in [-0.39, 0.29) is 37.1 Å². The molecule has 4 nitrogen and oxygen atoms in total. The van der Waals surface area contributed by atoms with Crippen LogP contribution >= 0.6 is 0 Å². The molecular formula is C14H23F3N2O2. The van der Waals surface area contributed by atoms with E-state index < -0.39 is 24.7 Å². The minimum absolute atomic E-state index is 0.00613. The second-order valence-corrected chi connectivity index (χ2v) is 5.65. The molecule has 1 rings (SSSR count). The maximum atomic E-state index is 12.4. The lowest BCUT2D eigenvalue weighted by Gasteiger charge is -2.39. The second kappa shape index (κ2) is 7.13. The Hall–Kier alpha value is -1.27. The van der Waals surface area contributed by atoms with Crippen molar-refractivity contribution in [3.05, 3.63) is 0 Å². The van der Waals surface area contributed by atoms with E-state index in [0.29, 0.717) is 0 Å². The Morgan fingerprint density at radius 1 is 1.29 bits per heavy atom. The third-order valence-corrected chi connectivity index (χ3v) is 4.02. The molecule has 1 saturated heterocycles. The number of hydrogen-bond donors (Lipinski definition) is 1. The van der Waals surface area contributed by atoms with E-state index >= 15 is 0 Å². The normalized spacial score (nSPS) is 25.0. The third-order valence-electron chi connectivity index (χ3n) is 4.02. The Kier molecular flexibility index (Phi) is 6.04. The van der Waals surface area contributed by atoms with Gasteiger partial charge in [0, 0.05) is 13.0 Å². The molecule has 0 aromatic rings. The van der Waals surface area contributed by atoms with Crippen LogP contribution in [0.25, 0.3) is 0 Å². The van der Waals surface area contributed by atoms with Gasteiger partial charge in [-0.15, -0.1) is 0 Å². The van der Waals surface area contributed by atoms with Gasteiger partial charge in [0.05, 0.1) is 0 Å². The number of unbranched alkanes of at least 4 members (excludes halogenated alkanes) is 1. The Bertz CT molecular complexity index is 385. The van der Waals surface area contributed by atoms with Crippen LogP contribution in [0, 0.1) is 5.92 Å². The van der Waals surface area contributed by atoms with E-state index in [1.54, 1.807) is 6.92 Å². The van der Waals surface area contributed by atoms with Crippen LogP contribution in [0.1, 0.15) is 46.5 Å². The highest BCUT2D eigenvalue weighted by Gasteiger charge is 2.39. The fourth-order valence-electron chi connectivity index (χ4n) is 2.38. The van der Waals surface area contributed by atoms with Crippen molar-refractivity contribution in [1.82, 2.24) is 10.2 Å². The highest BCUT2D eigenvalue weighted by Crippen LogP contribution is 2.23. The SMILES string of the molecule is CCC(C)C1NC(=O)C(C)N(CCCCC(F)(F)F)C1=O. The van der Waals surface area contributed by atoms with E-state index in [4.69, 9.17) is 0 Å². The first-order chi connectivity index (χ1) is 9.67. The Morgan fingerprint density at radius 3 is 2.43 bits per heavy atom. The Morgan fingerprint density at radius 2 is 1.90 bits per heavy atom. The van der Waals surface area contributed by atoms with Crippen LogP contribution in [0.5, 0.6) is 0 Å². The van der Waals surface area contributed by atoms with Gasteiger partial charge < -0.3 is 10.2 Å². The first kappa shape index (κ1) is 17.8. The van der Waals surface area contributed by atoms with Crippen molar-refractivity contribution in [3.63, 3.8) is 0 Å². The van der Waals surface area contributed by atoms with Crippen LogP contribution in [0.15, 0.2) is 0 Å². The lowest BCUT2D eigenvalue weighted by atomic mass is 9.94. The number of nitrogens with one attached hydrogen (secondary N) is 1. The molecule has 0 aromatic carbocycles. The maximum absolute atomic E-state index is 12.4. The summed E-state index contributed by atoms with van der Waals surface area (Å²) in [5, 5.41) is 2.70. The van der Waals surface area contributed by atoms with E-state index in [2.05, 4.69) is 5.32 Å². The minimum Gasteiger partial charge on any atom is -0.342 e. The molecule has 0 aliphatic carbocycles. The minimum atomic E-state index is -4.17. The number of alkyl halides is 3. The van der Waals surface area contributed by atoms with Crippen LogP contribution in [0.4, 0.5) is 13.2 Å². The van der Waals surface area contributed by atoms with Crippen molar-refractivity contribution in [3.8, 4) is 0 Å². The van der Waals surface area contributed by atoms with E-state index in [9.17, 15) is 22.8 Å². The molecule has 2 amide bonds. The summed E-state index contributed by atoms with van der Waals surface area (Å²) in [6, 6.07) is -1.19. The standard InChI is InChI=1S/C14H23F3N2O2/c1-4-9(2)11-13(21)19(10(3)12(20)18-11)8-6-5-7-14(15,16)17/h9-11H,4-8H2,1-3H3,(H,18,20). The maximum Gasteiger partial charge on any atom is 0.389 e. The fraction of sp³-hybridized carbons (Fsp3) is 0.857. The zero-order chi connectivity index (χ0) is 16.2. The number of halogens is 3. The molecule has 0 bridgehead atoms. The molecule has 1 heterocycles. The smallest absolute Gasteiger partial charge is 0.342 e. The molecule has 7 heteroatoms. The van der Waals surface area contributed by atoms with Crippen molar-refractivity contribution in [2.45, 2.75) is 64.7 Å². The molecule has 3 atom stereocenters. The number of nitrogens with zero attached hydrogens (tertiary/aromatic N) is 1. The highest BCUT2D eigenvalue weighted by atomic mass is 19.4. The van der Waals surface area contributed by atoms with Gasteiger partial charge in [0.2, 0.25) is 11.8 Å². The molecule has 0 saturated carbocycles. The van der Waals surface area contributed by atoms with Crippen LogP contribution in [-0.2, 0) is 9.59 Å². The third kappa shape index (κ3) is 4.89. The summed E-state index contributed by atoms with van der Waals surface area (Å²) >= 11 is 0. The topological polar surface area (TPSA) is 49.4 Å². The second-order valence-electron chi connectivity index (χ2n) is 5.65. The van der Waals surface area contributed by atoms with Crippen LogP contribution < -0.4 is 5.32 Å². The average Bonchev–Trinajstić information content (AvgIpc) is 2.40. The summed E-state index contributed by atoms with van der Waals surface area (Å²) in [5.41, 5.74) is 0. The molecular weight excluding hydrogens is 285 g/mol. The predicted octanol–water partition coefficient (Wildman–Crippen LogP) is 2.48. The van der Waals surface area contributed by atoms with Crippen LogP contribution in [-0.4, -0.2) is 41.5 Å². The predicted molar refractivity (Wildman–Crippen MR) is 72.5 cm³/mol. The first-order valence-electron chi connectivity index (χ1n) is 7.35. The Labute approximate surface area is 123 Å². The van der Waals surface area contributed by atoms with Crippen molar-refractivity contribution >= 4 is 11.8 Å². The van der Waals surface area contributed by atoms with Crippen LogP contribution in [0.3, 0.4) is 0 Å². The molecule has 1 fully saturated rings. The number of carbonyl (C=O) groups excluding carboxylic acids is 2. The first-order valence-corrected chi connectivity index (χ1v) is 7.35. The van der Waals surface area contributed by atoms with Crippen LogP contribution in [0.2, 0.25) is 0 Å². The summed E-state index contributed by atoms with van der Waals surface area (Å²) < 4.78 is 36.3. The van der Waals surface area contributed by atoms with Gasteiger partial charge in [0.25, 0.3) is 0 Å². The molecule has 0 aromatic heterocycles. The number of rotatable bonds is 6. The lowest BCUT2D eigenvalue weighted by molar-refractivity contribution is -0.150. The van der Waals surface area contributed by atoms with E-state index in [1.807, 2.05) is 13.8 Å². The van der Waals surface area contributed by atoms with Gasteiger partial charge in [0.15, 0.2) is 0 Å². The van der Waals surface area contributed by atoms with Gasteiger partial charge in [-0.05, 0) is 25.7 Å². The van der Waals surface area contributed by atoms with Crippen molar-refractivity contribution in [1.29, 1.82) is 0 Å². The zero-order valence-electron chi connectivity index (χ0n) is 12.7. The number of hydrogen-bond acceptors (Lipinski definition) is 2. The highest BCUT2D eigenvalue weighted by molar-refractivity contribution is 5.96. The van der Waals surface area contributed by atoms with E-state index in [1.165, 1.54) is 4.90 Å². The summed E-state index contributed by atoms with van der Waals surface area (Å²) in [4.78, 5) is 25.7. The van der Waals surface area contributed by atoms with Crippen molar-refractivity contribution < 1.29 is 22.8 Å². The lowest BCUT2D eigenvalue weighted by Crippen LogP contribution is -2.64. The van der Waals surface area contributed by atoms with Crippen molar-refractivity contribution in [2.24, 2.45) is 5.92 Å². The molecule has 1 aliphatic rings. The largest absolute Gasteiger partial charge is 0.389 e. The summed E-state index contributed by atoms with van der Waals surface area (Å²) in [7, 11) is 0. The summed E-state index contributed by atoms with van der Waals surface area (Å²) in [5.74, 6) is -0.425. The molecule has 1 aliphatic heterocycles. The average molecular weight is 308 g/mol. The monoisotopic (exact) mass is 308 g/mol. The van der Waals surface area contributed by atoms with E-state index in [0.717, 1.165) is 6.42 Å². The van der Waals surface area contributed by atoms with Gasteiger partial charge >= 0.3 is 6.18 Å². The molecule has 1 N–H and O–H groups in total. The van der Waals surface area contributed by atoms with Gasteiger partial charge in [0.1, 0.15) is 12.1 Å². The Balaban J connectivity index is 2.61. The number of amides is 2. The van der Waals surface area contributed by atoms with Gasteiger partial charge in [-0.25, -0.2) is 0 Å². The summed E-state index contributed by atoms with van der Waals surface area (Å²) in [6.07, 6.45) is -4.07.